The van der Waals surface area contributed by atoms with Gasteiger partial charge in [0.2, 0.25) is 5.43 Å². The maximum Gasteiger partial charge on any atom is 0.343 e. The van der Waals surface area contributed by atoms with E-state index in [2.05, 4.69) is 21.6 Å². The number of aromatic nitrogens is 1. The van der Waals surface area contributed by atoms with Crippen molar-refractivity contribution < 1.29 is 72.7 Å². The summed E-state index contributed by atoms with van der Waals surface area (Å²) in [6.07, 6.45) is -5.46. The van der Waals surface area contributed by atoms with Crippen molar-refractivity contribution in [2.24, 2.45) is 17.8 Å². The molecule has 0 radical (unpaired) electrons. The lowest BCUT2D eigenvalue weighted by Crippen LogP contribution is -2.61. The van der Waals surface area contributed by atoms with E-state index in [-0.39, 0.29) is 61.3 Å². The number of cyclic esters (lactones) is 1. The first-order valence-corrected chi connectivity index (χ1v) is 30.6. The number of benzene rings is 1. The van der Waals surface area contributed by atoms with Gasteiger partial charge >= 0.3 is 17.9 Å². The fourth-order valence-electron chi connectivity index (χ4n) is 13.7. The van der Waals surface area contributed by atoms with Crippen molar-refractivity contribution in [3.8, 4) is 11.8 Å². The molecular weight excluding hydrogens is 1080 g/mol. The third kappa shape index (κ3) is 15.4. The van der Waals surface area contributed by atoms with E-state index in [0.29, 0.717) is 38.0 Å². The number of rotatable bonds is 14. The highest BCUT2D eigenvalue weighted by Crippen LogP contribution is 2.41. The van der Waals surface area contributed by atoms with E-state index in [0.717, 1.165) is 55.7 Å². The summed E-state index contributed by atoms with van der Waals surface area (Å²) in [5.41, 5.74) is -2.31. The van der Waals surface area contributed by atoms with Gasteiger partial charge in [-0.1, -0.05) is 32.6 Å². The number of ether oxygens (including phenoxy) is 8. The van der Waals surface area contributed by atoms with Gasteiger partial charge in [-0.3, -0.25) is 19.3 Å². The zero-order valence-corrected chi connectivity index (χ0v) is 52.6. The summed E-state index contributed by atoms with van der Waals surface area (Å²) in [7, 11) is 7.13. The van der Waals surface area contributed by atoms with Crippen LogP contribution in [0.5, 0.6) is 0 Å². The smallest absolute Gasteiger partial charge is 0.343 e. The van der Waals surface area contributed by atoms with Crippen LogP contribution in [0.3, 0.4) is 0 Å². The lowest BCUT2D eigenvalue weighted by molar-refractivity contribution is -0.318. The molecule has 4 saturated heterocycles. The molecule has 21 nitrogen and oxygen atoms in total. The molecule has 5 aliphatic rings. The molecule has 0 aliphatic carbocycles. The molecule has 84 heavy (non-hydrogen) atoms. The molecule has 21 heteroatoms. The van der Waals surface area contributed by atoms with Crippen LogP contribution in [0.4, 0.5) is 0 Å². The van der Waals surface area contributed by atoms with Gasteiger partial charge in [0.05, 0.1) is 61.0 Å². The molecule has 0 unspecified atom stereocenters. The molecule has 472 valence electrons. The van der Waals surface area contributed by atoms with Gasteiger partial charge in [0.15, 0.2) is 18.7 Å². The summed E-state index contributed by atoms with van der Waals surface area (Å²) >= 11 is 0. The molecule has 7 rings (SSSR count). The monoisotopic (exact) mass is 1180 g/mol. The fourth-order valence-corrected chi connectivity index (χ4v) is 13.7. The van der Waals surface area contributed by atoms with Gasteiger partial charge in [-0.05, 0) is 132 Å². The van der Waals surface area contributed by atoms with Crippen LogP contribution in [0.1, 0.15) is 136 Å². The molecule has 0 saturated carbocycles. The Labute approximate surface area is 497 Å². The Morgan fingerprint density at radius 2 is 1.60 bits per heavy atom. The van der Waals surface area contributed by atoms with Gasteiger partial charge in [-0.2, -0.15) is 0 Å². The Bertz CT molecular complexity index is 2700. The highest BCUT2D eigenvalue weighted by molar-refractivity contribution is 5.95. The summed E-state index contributed by atoms with van der Waals surface area (Å²) < 4.78 is 52.5. The summed E-state index contributed by atoms with van der Waals surface area (Å²) in [6, 6.07) is 2.93. The van der Waals surface area contributed by atoms with Crippen molar-refractivity contribution in [2.75, 3.05) is 80.7 Å². The van der Waals surface area contributed by atoms with Crippen LogP contribution < -0.4 is 5.43 Å². The van der Waals surface area contributed by atoms with Gasteiger partial charge in [0, 0.05) is 94.5 Å². The van der Waals surface area contributed by atoms with Crippen LogP contribution in [0.2, 0.25) is 0 Å². The number of piperazine rings is 1. The zero-order chi connectivity index (χ0) is 61.7. The second kappa shape index (κ2) is 28.4. The van der Waals surface area contributed by atoms with Gasteiger partial charge in [-0.15, -0.1) is 0 Å². The maximum absolute atomic E-state index is 14.7. The topological polar surface area (TPSA) is 241 Å². The Kier molecular flexibility index (Phi) is 22.8. The largest absolute Gasteiger partial charge is 0.462 e. The van der Waals surface area contributed by atoms with E-state index in [9.17, 15) is 39.6 Å². The van der Waals surface area contributed by atoms with Crippen molar-refractivity contribution in [3.05, 3.63) is 45.2 Å². The highest BCUT2D eigenvalue weighted by Gasteiger charge is 2.54. The number of aliphatic hydroxyl groups excluding tert-OH is 2. The van der Waals surface area contributed by atoms with Crippen LogP contribution in [0, 0.1) is 29.6 Å². The number of likely N-dealkylation sites (N-methyl/N-ethyl adjacent to an activating group) is 2. The highest BCUT2D eigenvalue weighted by atomic mass is 16.7. The Morgan fingerprint density at radius 3 is 2.25 bits per heavy atom. The number of hydrogen-bond donors (Lipinski definition) is 4. The molecule has 0 amide bonds. The molecule has 4 N–H and O–H groups in total. The number of aryl methyl sites for hydroxylation is 2. The van der Waals surface area contributed by atoms with E-state index >= 15 is 0 Å². The van der Waals surface area contributed by atoms with E-state index in [1.54, 1.807) is 53.8 Å². The zero-order valence-electron chi connectivity index (χ0n) is 52.6. The average Bonchev–Trinajstić information content (AvgIpc) is 3.01. The van der Waals surface area contributed by atoms with Crippen molar-refractivity contribution >= 4 is 28.8 Å². The van der Waals surface area contributed by atoms with Crippen LogP contribution in [0.25, 0.3) is 10.9 Å². The van der Waals surface area contributed by atoms with E-state index < -0.39 is 108 Å². The predicted octanol–water partition coefficient (Wildman–Crippen LogP) is 3.95. The molecule has 4 fully saturated rings. The lowest BCUT2D eigenvalue weighted by atomic mass is 9.77. The summed E-state index contributed by atoms with van der Waals surface area (Å²) in [6.45, 7) is 24.6. The Balaban J connectivity index is 1.03. The fraction of sp³-hybridized carbons (Fsp3) is 0.778. The second-order valence-corrected chi connectivity index (χ2v) is 25.7. The Morgan fingerprint density at radius 1 is 0.905 bits per heavy atom. The number of pyridine rings is 1. The van der Waals surface area contributed by atoms with Gasteiger partial charge in [-0.25, -0.2) is 4.79 Å². The maximum atomic E-state index is 14.7. The van der Waals surface area contributed by atoms with E-state index in [4.69, 9.17) is 37.9 Å². The molecule has 1 aromatic carbocycles. The quantitative estimate of drug-likeness (QED) is 0.119. The summed E-state index contributed by atoms with van der Waals surface area (Å²) in [5, 5.41) is 48.8. The molecule has 1 aromatic heterocycles. The molecular formula is C63H99N5O16. The molecule has 0 bridgehead atoms. The Hall–Kier alpha value is -4.12. The summed E-state index contributed by atoms with van der Waals surface area (Å²) in [4.78, 5) is 62.9. The minimum Gasteiger partial charge on any atom is -0.462 e. The summed E-state index contributed by atoms with van der Waals surface area (Å²) in [5.74, 6) is 2.69. The number of carbonyl (C=O) groups excluding carboxylic acids is 3. The molecule has 18 atom stereocenters. The van der Waals surface area contributed by atoms with Crippen molar-refractivity contribution in [2.45, 2.75) is 218 Å². The number of methoxy groups -OCH3 is 1. The first kappa shape index (κ1) is 67.4. The lowest BCUT2D eigenvalue weighted by Gasteiger charge is -2.49. The predicted molar refractivity (Wildman–Crippen MR) is 315 cm³/mol. The minimum atomic E-state index is -1.86. The third-order valence-electron chi connectivity index (χ3n) is 18.6. The normalized spacial score (nSPS) is 37.1. The van der Waals surface area contributed by atoms with E-state index in [1.165, 1.54) is 14.0 Å². The number of esters is 3. The van der Waals surface area contributed by atoms with Crippen molar-refractivity contribution in [1.29, 1.82) is 0 Å². The van der Waals surface area contributed by atoms with Gasteiger partial charge < -0.3 is 77.6 Å². The van der Waals surface area contributed by atoms with Crippen LogP contribution in [0.15, 0.2) is 23.1 Å². The van der Waals surface area contributed by atoms with E-state index in [1.807, 2.05) is 69.3 Å². The number of hydrogen-bond acceptors (Lipinski definition) is 20. The molecule has 5 aliphatic heterocycles. The third-order valence-corrected chi connectivity index (χ3v) is 18.6. The van der Waals surface area contributed by atoms with Crippen LogP contribution >= 0.6 is 0 Å². The van der Waals surface area contributed by atoms with Crippen LogP contribution in [-0.4, -0.2) is 233 Å². The van der Waals surface area contributed by atoms with Crippen LogP contribution in [-0.2, 0) is 60.4 Å². The number of nitrogens with zero attached hydrogens (tertiary/aromatic N) is 5. The van der Waals surface area contributed by atoms with Crippen molar-refractivity contribution in [1.82, 2.24) is 24.2 Å². The standard InChI is InChI=1S/C63H99N5O16/c1-16-48-63(11,76)55(72)41(7)65(14)35-37(3)33-61(9,75)56(84-60-53(71)47(64(12)13)30-38(4)79-60)39(5)54(40(6)58(73)81-48)83-50-34-62(10,77-15)57(42(8)80-50)82-49(69)22-25-67-28-26-66(27-29-67)23-18-20-43-31-44-21-19-24-68-36-46(59(74)78-17-2)52(70)45(32-43)51(44)68/h31-32,36-42,47-48,50,53-57,60,71-72,75-76H,16-17,19,21-30,33-35H2,1-15H3/t37-,38-,39+,40-,41-,42+,47+,48-,50+,53-,54+,55-,56-,57+,60+,61-,62-,63-/m1/s1. The van der Waals surface area contributed by atoms with Gasteiger partial charge in [0.25, 0.3) is 0 Å². The molecule has 2 aromatic rings. The number of aliphatic hydroxyl groups is 4. The van der Waals surface area contributed by atoms with Gasteiger partial charge in [0.1, 0.15) is 35.1 Å². The number of carbonyl (C=O) groups is 3. The average molecular weight is 1180 g/mol. The SMILES string of the molecule is CCOC(=O)c1cn2c3c(cc(C#CCN4CCN(CCC(=O)O[C@H]5[C@H](C)O[C@@H](O[C@H]6[C@H](C)[C@@H](O[C@@H]7O[C@H](C)C[C@H](N(C)C)[C@H]7O)[C@](C)(O)C[C@@H](C)CN(C)[C@H](C)[C@@H](O)[C@](C)(O)[C@@H](CC)OC(=O)[C@@H]6C)C[C@@]5(C)OC)CC4)cc3c1=O)CCC2. The molecule has 6 heterocycles. The first-order valence-electron chi connectivity index (χ1n) is 30.6. The first-order chi connectivity index (χ1) is 39.5. The molecule has 0 spiro atoms. The minimum absolute atomic E-state index is 0.0329. The second-order valence-electron chi connectivity index (χ2n) is 25.7. The van der Waals surface area contributed by atoms with Crippen molar-refractivity contribution in [3.63, 3.8) is 0 Å².